The van der Waals surface area contributed by atoms with E-state index in [4.69, 9.17) is 4.74 Å². The SMILES string of the molecule is CCCCCCCCNC(=O)C=CSC(CO)COc1ccccc1. The van der Waals surface area contributed by atoms with E-state index in [2.05, 4.69) is 12.2 Å². The Morgan fingerprint density at radius 3 is 2.64 bits per heavy atom. The van der Waals surface area contributed by atoms with E-state index in [1.807, 2.05) is 30.3 Å². The van der Waals surface area contributed by atoms with Gasteiger partial charge in [0.05, 0.1) is 11.9 Å². The Bertz CT molecular complexity index is 479. The van der Waals surface area contributed by atoms with E-state index in [9.17, 15) is 9.90 Å². The molecule has 1 unspecified atom stereocenters. The number of carbonyl (C=O) groups is 1. The highest BCUT2D eigenvalue weighted by Crippen LogP contribution is 2.15. The molecule has 0 radical (unpaired) electrons. The molecule has 0 aliphatic carbocycles. The number of carbonyl (C=O) groups excluding carboxylic acids is 1. The predicted octanol–water partition coefficient (Wildman–Crippen LogP) is 4.15. The zero-order valence-corrected chi connectivity index (χ0v) is 16.0. The fraction of sp³-hybridized carbons (Fsp3) is 0.550. The highest BCUT2D eigenvalue weighted by Gasteiger charge is 2.07. The second kappa shape index (κ2) is 14.8. The number of unbranched alkanes of at least 4 members (excludes halogenated alkanes) is 5. The van der Waals surface area contributed by atoms with Crippen LogP contribution in [-0.4, -0.2) is 36.0 Å². The molecule has 1 rings (SSSR count). The van der Waals surface area contributed by atoms with Gasteiger partial charge in [0.1, 0.15) is 12.4 Å². The number of benzene rings is 1. The number of thioether (sulfide) groups is 1. The standard InChI is InChI=1S/C20H31NO3S/c1-2-3-4-5-6-10-14-21-20(23)13-15-25-19(16-22)17-24-18-11-8-7-9-12-18/h7-9,11-13,15,19,22H,2-6,10,14,16-17H2,1H3,(H,21,23). The normalized spacial score (nSPS) is 12.2. The quantitative estimate of drug-likeness (QED) is 0.384. The lowest BCUT2D eigenvalue weighted by Crippen LogP contribution is -2.22. The average Bonchev–Trinajstić information content (AvgIpc) is 2.64. The van der Waals surface area contributed by atoms with Crippen molar-refractivity contribution in [3.05, 3.63) is 41.8 Å². The topological polar surface area (TPSA) is 58.6 Å². The minimum absolute atomic E-state index is 0.00121. The van der Waals surface area contributed by atoms with Crippen molar-refractivity contribution < 1.29 is 14.6 Å². The Labute approximate surface area is 156 Å². The molecule has 0 aliphatic heterocycles. The van der Waals surface area contributed by atoms with Crippen LogP contribution >= 0.6 is 11.8 Å². The molecule has 4 nitrogen and oxygen atoms in total. The summed E-state index contributed by atoms with van der Waals surface area (Å²) in [6.45, 7) is 3.33. The second-order valence-electron chi connectivity index (χ2n) is 5.93. The van der Waals surface area contributed by atoms with Gasteiger partial charge in [0.2, 0.25) is 5.91 Å². The molecule has 0 fully saturated rings. The molecule has 1 atom stereocenters. The first-order valence-electron chi connectivity index (χ1n) is 9.14. The van der Waals surface area contributed by atoms with Gasteiger partial charge in [0.15, 0.2) is 0 Å². The summed E-state index contributed by atoms with van der Waals surface area (Å²) in [4.78, 5) is 11.7. The molecule has 0 saturated heterocycles. The number of nitrogens with one attached hydrogen (secondary N) is 1. The van der Waals surface area contributed by atoms with Crippen molar-refractivity contribution in [1.82, 2.24) is 5.32 Å². The number of amides is 1. The molecule has 0 saturated carbocycles. The van der Waals surface area contributed by atoms with Crippen LogP contribution in [-0.2, 0) is 4.79 Å². The molecule has 140 valence electrons. The molecular weight excluding hydrogens is 334 g/mol. The van der Waals surface area contributed by atoms with Crippen LogP contribution in [0.2, 0.25) is 0 Å². The van der Waals surface area contributed by atoms with Crippen molar-refractivity contribution in [3.63, 3.8) is 0 Å². The van der Waals surface area contributed by atoms with Crippen LogP contribution in [0.25, 0.3) is 0 Å². The van der Waals surface area contributed by atoms with E-state index >= 15 is 0 Å². The first-order chi connectivity index (χ1) is 12.3. The number of aliphatic hydroxyl groups is 1. The van der Waals surface area contributed by atoms with Gasteiger partial charge in [0.25, 0.3) is 0 Å². The molecule has 0 bridgehead atoms. The number of para-hydroxylation sites is 1. The number of rotatable bonds is 14. The van der Waals surface area contributed by atoms with Gasteiger partial charge in [-0.25, -0.2) is 0 Å². The van der Waals surface area contributed by atoms with Gasteiger partial charge in [-0.3, -0.25) is 4.79 Å². The minimum Gasteiger partial charge on any atom is -0.492 e. The molecule has 1 amide bonds. The van der Waals surface area contributed by atoms with E-state index in [-0.39, 0.29) is 17.8 Å². The minimum atomic E-state index is -0.0946. The highest BCUT2D eigenvalue weighted by molar-refractivity contribution is 8.02. The van der Waals surface area contributed by atoms with Crippen molar-refractivity contribution in [2.75, 3.05) is 19.8 Å². The Balaban J connectivity index is 2.11. The van der Waals surface area contributed by atoms with E-state index in [1.165, 1.54) is 49.9 Å². The maximum absolute atomic E-state index is 11.7. The first kappa shape index (κ1) is 21.6. The van der Waals surface area contributed by atoms with E-state index in [0.717, 1.165) is 18.7 Å². The molecule has 25 heavy (non-hydrogen) atoms. The number of aliphatic hydroxyl groups excluding tert-OH is 1. The third kappa shape index (κ3) is 11.7. The lowest BCUT2D eigenvalue weighted by molar-refractivity contribution is -0.116. The van der Waals surface area contributed by atoms with Crippen LogP contribution < -0.4 is 10.1 Å². The van der Waals surface area contributed by atoms with Crippen molar-refractivity contribution in [2.45, 2.75) is 50.7 Å². The Morgan fingerprint density at radius 1 is 1.20 bits per heavy atom. The van der Waals surface area contributed by atoms with E-state index in [1.54, 1.807) is 5.41 Å². The van der Waals surface area contributed by atoms with Crippen molar-refractivity contribution in [3.8, 4) is 5.75 Å². The van der Waals surface area contributed by atoms with E-state index in [0.29, 0.717) is 6.61 Å². The molecule has 0 heterocycles. The molecule has 5 heteroatoms. The van der Waals surface area contributed by atoms with Crippen LogP contribution in [0.3, 0.4) is 0 Å². The first-order valence-corrected chi connectivity index (χ1v) is 10.1. The number of hydrogen-bond acceptors (Lipinski definition) is 4. The average molecular weight is 366 g/mol. The molecule has 0 aromatic heterocycles. The largest absolute Gasteiger partial charge is 0.492 e. The predicted molar refractivity (Wildman–Crippen MR) is 106 cm³/mol. The summed E-state index contributed by atoms with van der Waals surface area (Å²) in [6, 6.07) is 9.50. The molecule has 1 aromatic rings. The Hall–Kier alpha value is -1.46. The molecular formula is C20H31NO3S. The third-order valence-corrected chi connectivity index (χ3v) is 4.67. The van der Waals surface area contributed by atoms with Gasteiger partial charge >= 0.3 is 0 Å². The highest BCUT2D eigenvalue weighted by atomic mass is 32.2. The monoisotopic (exact) mass is 365 g/mol. The summed E-state index contributed by atoms with van der Waals surface area (Å²) in [5, 5.41) is 13.9. The fourth-order valence-electron chi connectivity index (χ4n) is 2.23. The Kier molecular flexibility index (Phi) is 12.8. The summed E-state index contributed by atoms with van der Waals surface area (Å²) in [5.41, 5.74) is 0. The number of hydrogen-bond donors (Lipinski definition) is 2. The maximum atomic E-state index is 11.7. The van der Waals surface area contributed by atoms with Crippen LogP contribution in [0.15, 0.2) is 41.8 Å². The summed E-state index contributed by atoms with van der Waals surface area (Å²) in [5.74, 6) is 0.698. The molecule has 1 aromatic carbocycles. The van der Waals surface area contributed by atoms with Crippen molar-refractivity contribution in [2.24, 2.45) is 0 Å². The second-order valence-corrected chi connectivity index (χ2v) is 7.14. The van der Waals surface area contributed by atoms with Crippen LogP contribution in [0.5, 0.6) is 5.75 Å². The molecule has 2 N–H and O–H groups in total. The zero-order chi connectivity index (χ0) is 18.2. The lowest BCUT2D eigenvalue weighted by Gasteiger charge is -2.12. The van der Waals surface area contributed by atoms with Gasteiger partial charge in [0, 0.05) is 12.6 Å². The van der Waals surface area contributed by atoms with Crippen LogP contribution in [0, 0.1) is 0 Å². The zero-order valence-electron chi connectivity index (χ0n) is 15.2. The van der Waals surface area contributed by atoms with Gasteiger partial charge in [-0.05, 0) is 24.0 Å². The third-order valence-electron chi connectivity index (χ3n) is 3.70. The summed E-state index contributed by atoms with van der Waals surface area (Å²) in [6.07, 6.45) is 8.80. The van der Waals surface area contributed by atoms with E-state index < -0.39 is 0 Å². The summed E-state index contributed by atoms with van der Waals surface area (Å²) >= 11 is 1.41. The van der Waals surface area contributed by atoms with Crippen molar-refractivity contribution >= 4 is 17.7 Å². The summed E-state index contributed by atoms with van der Waals surface area (Å²) < 4.78 is 5.62. The van der Waals surface area contributed by atoms with Gasteiger partial charge in [-0.1, -0.05) is 57.2 Å². The fourth-order valence-corrected chi connectivity index (χ4v) is 2.89. The Morgan fingerprint density at radius 2 is 1.92 bits per heavy atom. The van der Waals surface area contributed by atoms with Gasteiger partial charge < -0.3 is 15.2 Å². The smallest absolute Gasteiger partial charge is 0.244 e. The lowest BCUT2D eigenvalue weighted by atomic mass is 10.1. The van der Waals surface area contributed by atoms with Gasteiger partial charge in [-0.15, -0.1) is 11.8 Å². The number of ether oxygens (including phenoxy) is 1. The summed E-state index contributed by atoms with van der Waals surface area (Å²) in [7, 11) is 0. The molecule has 0 aliphatic rings. The van der Waals surface area contributed by atoms with Gasteiger partial charge in [-0.2, -0.15) is 0 Å². The van der Waals surface area contributed by atoms with Crippen molar-refractivity contribution in [1.29, 1.82) is 0 Å². The molecule has 0 spiro atoms. The van der Waals surface area contributed by atoms with Crippen LogP contribution in [0.4, 0.5) is 0 Å². The van der Waals surface area contributed by atoms with Crippen LogP contribution in [0.1, 0.15) is 45.4 Å². The maximum Gasteiger partial charge on any atom is 0.244 e.